The molecular formula is C11H23NO5. The van der Waals surface area contributed by atoms with Gasteiger partial charge in [-0.05, 0) is 6.42 Å². The average molecular weight is 249 g/mol. The second-order valence-electron chi connectivity index (χ2n) is 3.35. The smallest absolute Gasteiger partial charge is 0.320 e. The molecule has 0 aromatic heterocycles. The molecule has 0 aromatic carbocycles. The number of hydrogen-bond donors (Lipinski definition) is 1. The lowest BCUT2D eigenvalue weighted by atomic mass is 10.5. The van der Waals surface area contributed by atoms with Crippen molar-refractivity contribution in [2.75, 3.05) is 60.3 Å². The molecule has 17 heavy (non-hydrogen) atoms. The van der Waals surface area contributed by atoms with E-state index in [4.69, 9.17) is 18.9 Å². The van der Waals surface area contributed by atoms with Crippen LogP contribution in [0.25, 0.3) is 0 Å². The van der Waals surface area contributed by atoms with Gasteiger partial charge in [0.2, 0.25) is 0 Å². The number of carbonyl (C=O) groups excluding carboxylic acids is 1. The maximum absolute atomic E-state index is 11.1. The molecule has 0 fully saturated rings. The Balaban J connectivity index is 3.11. The molecule has 6 heteroatoms. The molecule has 0 aliphatic carbocycles. The van der Waals surface area contributed by atoms with Gasteiger partial charge >= 0.3 is 5.97 Å². The Kier molecular flexibility index (Phi) is 12.8. The predicted molar refractivity (Wildman–Crippen MR) is 63.0 cm³/mol. The summed E-state index contributed by atoms with van der Waals surface area (Å²) in [6.07, 6.45) is 0.850. The van der Waals surface area contributed by atoms with Crippen LogP contribution < -0.4 is 5.32 Å². The van der Waals surface area contributed by atoms with Gasteiger partial charge in [-0.2, -0.15) is 0 Å². The minimum atomic E-state index is -0.276. The summed E-state index contributed by atoms with van der Waals surface area (Å²) in [4.78, 5) is 11.1. The molecule has 0 aliphatic rings. The van der Waals surface area contributed by atoms with E-state index in [0.717, 1.165) is 6.42 Å². The van der Waals surface area contributed by atoms with Crippen molar-refractivity contribution >= 4 is 5.97 Å². The van der Waals surface area contributed by atoms with Gasteiger partial charge in [0.25, 0.3) is 0 Å². The summed E-state index contributed by atoms with van der Waals surface area (Å²) in [7, 11) is 3.26. The van der Waals surface area contributed by atoms with E-state index < -0.39 is 0 Å². The molecule has 1 N–H and O–H groups in total. The summed E-state index contributed by atoms with van der Waals surface area (Å²) in [5, 5.41) is 2.90. The minimum Gasteiger partial charge on any atom is -0.462 e. The molecule has 0 aromatic rings. The zero-order valence-electron chi connectivity index (χ0n) is 10.7. The first-order chi connectivity index (χ1) is 8.31. The van der Waals surface area contributed by atoms with E-state index in [-0.39, 0.29) is 19.1 Å². The lowest BCUT2D eigenvalue weighted by Crippen LogP contribution is -2.28. The molecule has 0 bridgehead atoms. The summed E-state index contributed by atoms with van der Waals surface area (Å²) in [6, 6.07) is 0. The van der Waals surface area contributed by atoms with Crippen molar-refractivity contribution in [3.63, 3.8) is 0 Å². The van der Waals surface area contributed by atoms with Crippen LogP contribution in [0.4, 0.5) is 0 Å². The van der Waals surface area contributed by atoms with E-state index in [1.165, 1.54) is 0 Å². The third-order valence-corrected chi connectivity index (χ3v) is 1.88. The van der Waals surface area contributed by atoms with Crippen molar-refractivity contribution in [2.45, 2.75) is 6.42 Å². The highest BCUT2D eigenvalue weighted by Gasteiger charge is 2.01. The Hall–Kier alpha value is -0.690. The van der Waals surface area contributed by atoms with E-state index in [1.54, 1.807) is 14.2 Å². The molecular weight excluding hydrogens is 226 g/mol. The van der Waals surface area contributed by atoms with Crippen LogP contribution in [-0.4, -0.2) is 66.3 Å². The summed E-state index contributed by atoms with van der Waals surface area (Å²) in [6.45, 7) is 3.44. The number of methoxy groups -OCH3 is 2. The SMILES string of the molecule is COCCCOCCOC(=O)CNCCOC. The molecule has 0 heterocycles. The minimum absolute atomic E-state index is 0.201. The van der Waals surface area contributed by atoms with Crippen molar-refractivity contribution in [1.29, 1.82) is 0 Å². The van der Waals surface area contributed by atoms with Crippen molar-refractivity contribution in [1.82, 2.24) is 5.32 Å². The predicted octanol–water partition coefficient (Wildman–Crippen LogP) is -0.181. The topological polar surface area (TPSA) is 66.0 Å². The molecule has 0 spiro atoms. The van der Waals surface area contributed by atoms with Crippen LogP contribution in [-0.2, 0) is 23.7 Å². The van der Waals surface area contributed by atoms with Gasteiger partial charge < -0.3 is 24.3 Å². The molecule has 0 aliphatic heterocycles. The summed E-state index contributed by atoms with van der Waals surface area (Å²) in [5.41, 5.74) is 0. The fraction of sp³-hybridized carbons (Fsp3) is 0.909. The third-order valence-electron chi connectivity index (χ3n) is 1.88. The molecule has 0 saturated carbocycles. The lowest BCUT2D eigenvalue weighted by molar-refractivity contribution is -0.144. The Labute approximate surface area is 103 Å². The summed E-state index contributed by atoms with van der Waals surface area (Å²) in [5.74, 6) is -0.276. The van der Waals surface area contributed by atoms with Crippen LogP contribution in [0.1, 0.15) is 6.42 Å². The van der Waals surface area contributed by atoms with Gasteiger partial charge in [0.05, 0.1) is 19.8 Å². The molecule has 0 amide bonds. The van der Waals surface area contributed by atoms with Crippen LogP contribution in [0, 0.1) is 0 Å². The van der Waals surface area contributed by atoms with Crippen LogP contribution in [0.2, 0.25) is 0 Å². The summed E-state index contributed by atoms with van der Waals surface area (Å²) < 4.78 is 19.9. The third kappa shape index (κ3) is 13.2. The molecule has 6 nitrogen and oxygen atoms in total. The molecule has 0 rings (SSSR count). The maximum Gasteiger partial charge on any atom is 0.320 e. The van der Waals surface area contributed by atoms with E-state index in [1.807, 2.05) is 0 Å². The molecule has 102 valence electrons. The Bertz CT molecular complexity index is 177. The first-order valence-corrected chi connectivity index (χ1v) is 5.73. The number of nitrogens with one attached hydrogen (secondary N) is 1. The fourth-order valence-corrected chi connectivity index (χ4v) is 1.04. The highest BCUT2D eigenvalue weighted by atomic mass is 16.6. The van der Waals surface area contributed by atoms with Gasteiger partial charge in [-0.15, -0.1) is 0 Å². The van der Waals surface area contributed by atoms with E-state index in [0.29, 0.717) is 33.0 Å². The van der Waals surface area contributed by atoms with Crippen LogP contribution in [0.5, 0.6) is 0 Å². The zero-order valence-corrected chi connectivity index (χ0v) is 10.7. The highest BCUT2D eigenvalue weighted by molar-refractivity contribution is 5.71. The first-order valence-electron chi connectivity index (χ1n) is 5.73. The monoisotopic (exact) mass is 249 g/mol. The first kappa shape index (κ1) is 16.3. The largest absolute Gasteiger partial charge is 0.462 e. The Morgan fingerprint density at radius 3 is 2.47 bits per heavy atom. The number of esters is 1. The normalized spacial score (nSPS) is 10.5. The second kappa shape index (κ2) is 13.4. The van der Waals surface area contributed by atoms with Gasteiger partial charge in [-0.3, -0.25) is 4.79 Å². The Morgan fingerprint density at radius 2 is 1.76 bits per heavy atom. The van der Waals surface area contributed by atoms with Gasteiger partial charge in [0.15, 0.2) is 0 Å². The van der Waals surface area contributed by atoms with Gasteiger partial charge in [-0.1, -0.05) is 0 Å². The maximum atomic E-state index is 11.1. The van der Waals surface area contributed by atoms with E-state index >= 15 is 0 Å². The van der Waals surface area contributed by atoms with Crippen molar-refractivity contribution in [3.8, 4) is 0 Å². The van der Waals surface area contributed by atoms with Crippen LogP contribution in [0.3, 0.4) is 0 Å². The number of ether oxygens (including phenoxy) is 4. The lowest BCUT2D eigenvalue weighted by Gasteiger charge is -2.06. The molecule has 0 unspecified atom stereocenters. The molecule has 0 saturated heterocycles. The fourth-order valence-electron chi connectivity index (χ4n) is 1.04. The standard InChI is InChI=1S/C11H23NO5/c1-14-5-3-6-16-8-9-17-11(13)10-12-4-7-15-2/h12H,3-10H2,1-2H3. The number of rotatable bonds is 12. The highest BCUT2D eigenvalue weighted by Crippen LogP contribution is 1.85. The van der Waals surface area contributed by atoms with Crippen molar-refractivity contribution in [3.05, 3.63) is 0 Å². The van der Waals surface area contributed by atoms with Crippen molar-refractivity contribution in [2.24, 2.45) is 0 Å². The average Bonchev–Trinajstić information content (AvgIpc) is 2.33. The van der Waals surface area contributed by atoms with Gasteiger partial charge in [0, 0.05) is 34.0 Å². The van der Waals surface area contributed by atoms with Crippen LogP contribution in [0.15, 0.2) is 0 Å². The zero-order chi connectivity index (χ0) is 12.8. The van der Waals surface area contributed by atoms with E-state index in [2.05, 4.69) is 5.32 Å². The van der Waals surface area contributed by atoms with Crippen LogP contribution >= 0.6 is 0 Å². The van der Waals surface area contributed by atoms with Crippen molar-refractivity contribution < 1.29 is 23.7 Å². The second-order valence-corrected chi connectivity index (χ2v) is 3.35. The van der Waals surface area contributed by atoms with Gasteiger partial charge in [-0.25, -0.2) is 0 Å². The molecule has 0 atom stereocenters. The number of carbonyl (C=O) groups is 1. The van der Waals surface area contributed by atoms with E-state index in [9.17, 15) is 4.79 Å². The Morgan fingerprint density at radius 1 is 1.00 bits per heavy atom. The summed E-state index contributed by atoms with van der Waals surface area (Å²) >= 11 is 0. The van der Waals surface area contributed by atoms with Gasteiger partial charge in [0.1, 0.15) is 6.61 Å². The number of hydrogen-bond acceptors (Lipinski definition) is 6. The quantitative estimate of drug-likeness (QED) is 0.382. The molecule has 0 radical (unpaired) electrons.